The summed E-state index contributed by atoms with van der Waals surface area (Å²) in [6, 6.07) is 24.6. The summed E-state index contributed by atoms with van der Waals surface area (Å²) in [5.41, 5.74) is 2.25. The third-order valence-electron chi connectivity index (χ3n) is 5.69. The molecule has 1 unspecified atom stereocenters. The van der Waals surface area contributed by atoms with Gasteiger partial charge in [0.2, 0.25) is 5.91 Å². The first-order valence-electron chi connectivity index (χ1n) is 11.2. The van der Waals surface area contributed by atoms with E-state index in [9.17, 15) is 4.79 Å². The van der Waals surface area contributed by atoms with Gasteiger partial charge in [-0.05, 0) is 42.2 Å². The van der Waals surface area contributed by atoms with Crippen molar-refractivity contribution >= 4 is 16.7 Å². The Morgan fingerprint density at radius 2 is 1.52 bits per heavy atom. The zero-order valence-corrected chi connectivity index (χ0v) is 18.7. The number of hydrogen-bond acceptors (Lipinski definition) is 3. The summed E-state index contributed by atoms with van der Waals surface area (Å²) in [6.45, 7) is 7.53. The molecule has 1 N–H and O–H groups in total. The SMILES string of the molecule is CCOC(OCC)[C@@H](C)C(Cc1ccccc1)C(=O)NCc1cccc2ccccc12. The molecule has 3 aromatic carbocycles. The highest BCUT2D eigenvalue weighted by atomic mass is 16.7. The molecule has 31 heavy (non-hydrogen) atoms. The molecule has 0 saturated carbocycles. The Morgan fingerprint density at radius 3 is 2.23 bits per heavy atom. The van der Waals surface area contributed by atoms with Crippen molar-refractivity contribution in [1.82, 2.24) is 5.32 Å². The molecule has 0 saturated heterocycles. The highest BCUT2D eigenvalue weighted by Gasteiger charge is 2.32. The zero-order valence-electron chi connectivity index (χ0n) is 18.7. The Morgan fingerprint density at radius 1 is 0.871 bits per heavy atom. The summed E-state index contributed by atoms with van der Waals surface area (Å²) in [7, 11) is 0. The Kier molecular flexibility index (Phi) is 8.63. The summed E-state index contributed by atoms with van der Waals surface area (Å²) >= 11 is 0. The fourth-order valence-electron chi connectivity index (χ4n) is 4.02. The summed E-state index contributed by atoms with van der Waals surface area (Å²) in [5.74, 6) is -0.332. The average Bonchev–Trinajstić information content (AvgIpc) is 2.81. The van der Waals surface area contributed by atoms with Crippen LogP contribution in [0.4, 0.5) is 0 Å². The van der Waals surface area contributed by atoms with E-state index in [2.05, 4.69) is 41.7 Å². The molecular formula is C27H33NO3. The second kappa shape index (κ2) is 11.6. The molecule has 2 atom stereocenters. The summed E-state index contributed by atoms with van der Waals surface area (Å²) in [4.78, 5) is 13.4. The van der Waals surface area contributed by atoms with Crippen LogP contribution in [-0.2, 0) is 27.2 Å². The maximum atomic E-state index is 13.4. The lowest BCUT2D eigenvalue weighted by atomic mass is 9.86. The summed E-state index contributed by atoms with van der Waals surface area (Å²) in [6.07, 6.45) is 0.229. The molecule has 4 nitrogen and oxygen atoms in total. The Labute approximate surface area is 185 Å². The van der Waals surface area contributed by atoms with Crippen LogP contribution in [0.5, 0.6) is 0 Å². The molecule has 0 aliphatic rings. The van der Waals surface area contributed by atoms with Crippen LogP contribution in [0.2, 0.25) is 0 Å². The first-order valence-corrected chi connectivity index (χ1v) is 11.2. The lowest BCUT2D eigenvalue weighted by Gasteiger charge is -2.30. The van der Waals surface area contributed by atoms with Gasteiger partial charge >= 0.3 is 0 Å². The minimum Gasteiger partial charge on any atom is -0.353 e. The van der Waals surface area contributed by atoms with Crippen LogP contribution in [0.15, 0.2) is 72.8 Å². The molecular weight excluding hydrogens is 386 g/mol. The van der Waals surface area contributed by atoms with E-state index >= 15 is 0 Å². The smallest absolute Gasteiger partial charge is 0.224 e. The van der Waals surface area contributed by atoms with Crippen molar-refractivity contribution in [2.75, 3.05) is 13.2 Å². The fraction of sp³-hybridized carbons (Fsp3) is 0.370. The van der Waals surface area contributed by atoms with Crippen LogP contribution < -0.4 is 5.32 Å². The van der Waals surface area contributed by atoms with Crippen LogP contribution in [0.25, 0.3) is 10.8 Å². The van der Waals surface area contributed by atoms with Crippen molar-refractivity contribution in [3.8, 4) is 0 Å². The predicted octanol–water partition coefficient (Wildman–Crippen LogP) is 5.35. The van der Waals surface area contributed by atoms with Gasteiger partial charge in [-0.2, -0.15) is 0 Å². The van der Waals surface area contributed by atoms with E-state index in [-0.39, 0.29) is 17.7 Å². The minimum atomic E-state index is -0.410. The van der Waals surface area contributed by atoms with Gasteiger partial charge in [0.1, 0.15) is 0 Å². The lowest BCUT2D eigenvalue weighted by Crippen LogP contribution is -2.41. The van der Waals surface area contributed by atoms with Crippen LogP contribution in [0, 0.1) is 11.8 Å². The maximum absolute atomic E-state index is 13.4. The highest BCUT2D eigenvalue weighted by Crippen LogP contribution is 2.25. The molecule has 0 aliphatic heterocycles. The van der Waals surface area contributed by atoms with Crippen LogP contribution in [-0.4, -0.2) is 25.4 Å². The number of benzene rings is 3. The molecule has 0 fully saturated rings. The standard InChI is InChI=1S/C27H33NO3/c1-4-30-27(31-5-2)20(3)25(18-21-12-7-6-8-13-21)26(29)28-19-23-16-11-15-22-14-9-10-17-24(22)23/h6-17,20,25,27H,4-5,18-19H2,1-3H3,(H,28,29)/t20-,25?/m0/s1. The van der Waals surface area contributed by atoms with E-state index in [1.54, 1.807) is 0 Å². The van der Waals surface area contributed by atoms with Gasteiger partial charge in [0.05, 0.1) is 0 Å². The third-order valence-corrected chi connectivity index (χ3v) is 5.69. The number of hydrogen-bond donors (Lipinski definition) is 1. The van der Waals surface area contributed by atoms with Gasteiger partial charge in [-0.3, -0.25) is 4.79 Å². The fourth-order valence-corrected chi connectivity index (χ4v) is 4.02. The molecule has 4 heteroatoms. The molecule has 3 aromatic rings. The highest BCUT2D eigenvalue weighted by molar-refractivity contribution is 5.86. The molecule has 0 heterocycles. The third kappa shape index (κ3) is 6.16. The van der Waals surface area contributed by atoms with Crippen LogP contribution >= 0.6 is 0 Å². The largest absolute Gasteiger partial charge is 0.353 e. The molecule has 1 amide bonds. The van der Waals surface area contributed by atoms with E-state index < -0.39 is 6.29 Å². The van der Waals surface area contributed by atoms with E-state index in [0.717, 1.165) is 11.1 Å². The van der Waals surface area contributed by atoms with Crippen molar-refractivity contribution in [3.63, 3.8) is 0 Å². The predicted molar refractivity (Wildman–Crippen MR) is 126 cm³/mol. The molecule has 0 aliphatic carbocycles. The van der Waals surface area contributed by atoms with Crippen molar-refractivity contribution in [1.29, 1.82) is 0 Å². The van der Waals surface area contributed by atoms with Crippen LogP contribution in [0.1, 0.15) is 31.9 Å². The first kappa shape index (κ1) is 23.0. The number of nitrogens with one attached hydrogen (secondary N) is 1. The topological polar surface area (TPSA) is 47.6 Å². The Balaban J connectivity index is 1.79. The normalized spacial score (nSPS) is 13.3. The van der Waals surface area contributed by atoms with Crippen LogP contribution in [0.3, 0.4) is 0 Å². The second-order valence-corrected chi connectivity index (χ2v) is 7.79. The number of carbonyl (C=O) groups is 1. The van der Waals surface area contributed by atoms with Crippen molar-refractivity contribution in [2.45, 2.75) is 40.0 Å². The lowest BCUT2D eigenvalue weighted by molar-refractivity contribution is -0.177. The zero-order chi connectivity index (χ0) is 22.1. The van der Waals surface area contributed by atoms with E-state index in [4.69, 9.17) is 9.47 Å². The van der Waals surface area contributed by atoms with E-state index in [0.29, 0.717) is 26.2 Å². The van der Waals surface area contributed by atoms with Gasteiger partial charge in [0.15, 0.2) is 6.29 Å². The summed E-state index contributed by atoms with van der Waals surface area (Å²) in [5, 5.41) is 5.52. The molecule has 164 valence electrons. The quantitative estimate of drug-likeness (QED) is 0.426. The Bertz CT molecular complexity index is 946. The number of amides is 1. The molecule has 3 rings (SSSR count). The van der Waals surface area contributed by atoms with Gasteiger partial charge in [-0.25, -0.2) is 0 Å². The summed E-state index contributed by atoms with van der Waals surface area (Å²) < 4.78 is 11.7. The van der Waals surface area contributed by atoms with E-state index in [1.807, 2.05) is 57.2 Å². The molecule has 0 radical (unpaired) electrons. The van der Waals surface area contributed by atoms with Gasteiger partial charge in [0, 0.05) is 31.6 Å². The number of rotatable bonds is 11. The van der Waals surface area contributed by atoms with Crippen molar-refractivity contribution in [3.05, 3.63) is 83.9 Å². The molecule has 0 bridgehead atoms. The molecule has 0 spiro atoms. The second-order valence-electron chi connectivity index (χ2n) is 7.79. The maximum Gasteiger partial charge on any atom is 0.224 e. The number of ether oxygens (including phenoxy) is 2. The molecule has 0 aromatic heterocycles. The Hall–Kier alpha value is -2.69. The monoisotopic (exact) mass is 419 g/mol. The van der Waals surface area contributed by atoms with Gasteiger partial charge < -0.3 is 14.8 Å². The minimum absolute atomic E-state index is 0.0219. The van der Waals surface area contributed by atoms with Gasteiger partial charge in [0.25, 0.3) is 0 Å². The number of carbonyl (C=O) groups excluding carboxylic acids is 1. The average molecular weight is 420 g/mol. The van der Waals surface area contributed by atoms with Gasteiger partial charge in [-0.1, -0.05) is 79.7 Å². The van der Waals surface area contributed by atoms with E-state index in [1.165, 1.54) is 10.8 Å². The van der Waals surface area contributed by atoms with Crippen molar-refractivity contribution in [2.24, 2.45) is 11.8 Å². The van der Waals surface area contributed by atoms with Gasteiger partial charge in [-0.15, -0.1) is 0 Å². The van der Waals surface area contributed by atoms with Crippen molar-refractivity contribution < 1.29 is 14.3 Å². The number of fused-ring (bicyclic) bond motifs is 1. The first-order chi connectivity index (χ1) is 15.1.